The van der Waals surface area contributed by atoms with Crippen molar-refractivity contribution in [3.8, 4) is 0 Å². The summed E-state index contributed by atoms with van der Waals surface area (Å²) in [4.78, 5) is 20.1. The van der Waals surface area contributed by atoms with E-state index in [2.05, 4.69) is 16.9 Å². The highest BCUT2D eigenvalue weighted by molar-refractivity contribution is 5.97. The number of aryl methyl sites for hydroxylation is 1. The van der Waals surface area contributed by atoms with Crippen LogP contribution in [0.5, 0.6) is 0 Å². The Kier molecular flexibility index (Phi) is 4.18. The Labute approximate surface area is 107 Å². The lowest BCUT2D eigenvalue weighted by molar-refractivity contribution is 0.0991. The molecule has 2 aromatic rings. The molecule has 0 aliphatic heterocycles. The Morgan fingerprint density at radius 1 is 1.11 bits per heavy atom. The largest absolute Gasteiger partial charge is 0.294 e. The molecule has 2 rings (SSSR count). The van der Waals surface area contributed by atoms with Crippen LogP contribution in [0.2, 0.25) is 0 Å². The van der Waals surface area contributed by atoms with Gasteiger partial charge in [-0.15, -0.1) is 0 Å². The third-order valence-electron chi connectivity index (χ3n) is 2.75. The third kappa shape index (κ3) is 3.23. The molecule has 0 saturated heterocycles. The summed E-state index contributed by atoms with van der Waals surface area (Å²) in [7, 11) is 0. The van der Waals surface area contributed by atoms with Crippen LogP contribution >= 0.6 is 0 Å². The van der Waals surface area contributed by atoms with Gasteiger partial charge in [-0.05, 0) is 18.1 Å². The predicted octanol–water partition coefficient (Wildman–Crippen LogP) is 2.85. The van der Waals surface area contributed by atoms with Gasteiger partial charge in [0.1, 0.15) is 5.82 Å². The van der Waals surface area contributed by atoms with E-state index in [0.717, 1.165) is 18.4 Å². The molecule has 0 aliphatic rings. The van der Waals surface area contributed by atoms with Crippen molar-refractivity contribution in [1.29, 1.82) is 0 Å². The van der Waals surface area contributed by atoms with Crippen LogP contribution in [-0.4, -0.2) is 15.8 Å². The molecule has 0 unspecified atom stereocenters. The van der Waals surface area contributed by atoms with Crippen molar-refractivity contribution in [3.05, 3.63) is 59.7 Å². The standard InChI is InChI=1S/C15H16N2O/c1-2-4-12-5-7-13(8-6-12)14(18)11-15-16-9-3-10-17-15/h3,5-10H,2,4,11H2,1H3. The summed E-state index contributed by atoms with van der Waals surface area (Å²) in [6, 6.07) is 9.55. The molecule has 3 heteroatoms. The van der Waals surface area contributed by atoms with Gasteiger partial charge in [0, 0.05) is 18.0 Å². The lowest BCUT2D eigenvalue weighted by atomic mass is 10.0. The summed E-state index contributed by atoms with van der Waals surface area (Å²) in [5.74, 6) is 0.629. The number of Topliss-reactive ketones (excluding diaryl/α,β-unsaturated/α-hetero) is 1. The highest BCUT2D eigenvalue weighted by atomic mass is 16.1. The number of nitrogens with zero attached hydrogens (tertiary/aromatic N) is 2. The van der Waals surface area contributed by atoms with E-state index in [1.165, 1.54) is 5.56 Å². The minimum Gasteiger partial charge on any atom is -0.294 e. The van der Waals surface area contributed by atoms with Crippen molar-refractivity contribution < 1.29 is 4.79 Å². The molecule has 0 saturated carbocycles. The van der Waals surface area contributed by atoms with Gasteiger partial charge in [-0.3, -0.25) is 4.79 Å². The van der Waals surface area contributed by atoms with E-state index in [-0.39, 0.29) is 12.2 Å². The van der Waals surface area contributed by atoms with E-state index in [0.29, 0.717) is 5.82 Å². The molecule has 0 fully saturated rings. The van der Waals surface area contributed by atoms with Crippen LogP contribution < -0.4 is 0 Å². The monoisotopic (exact) mass is 240 g/mol. The van der Waals surface area contributed by atoms with Crippen molar-refractivity contribution in [2.75, 3.05) is 0 Å². The Balaban J connectivity index is 2.05. The van der Waals surface area contributed by atoms with E-state index < -0.39 is 0 Å². The lowest BCUT2D eigenvalue weighted by Crippen LogP contribution is -2.06. The normalized spacial score (nSPS) is 10.3. The molecule has 0 amide bonds. The molecule has 92 valence electrons. The number of carbonyl (C=O) groups excluding carboxylic acids is 1. The van der Waals surface area contributed by atoms with E-state index >= 15 is 0 Å². The van der Waals surface area contributed by atoms with Gasteiger partial charge in [-0.25, -0.2) is 9.97 Å². The van der Waals surface area contributed by atoms with Gasteiger partial charge in [0.15, 0.2) is 5.78 Å². The van der Waals surface area contributed by atoms with Gasteiger partial charge in [0.2, 0.25) is 0 Å². The zero-order valence-electron chi connectivity index (χ0n) is 10.5. The minimum atomic E-state index is 0.0595. The minimum absolute atomic E-state index is 0.0595. The lowest BCUT2D eigenvalue weighted by Gasteiger charge is -2.02. The summed E-state index contributed by atoms with van der Waals surface area (Å²) in [5, 5.41) is 0. The number of rotatable bonds is 5. The van der Waals surface area contributed by atoms with Crippen molar-refractivity contribution in [3.63, 3.8) is 0 Å². The summed E-state index contributed by atoms with van der Waals surface area (Å²) < 4.78 is 0. The van der Waals surface area contributed by atoms with Gasteiger partial charge in [-0.1, -0.05) is 37.6 Å². The van der Waals surface area contributed by atoms with Crippen molar-refractivity contribution in [2.24, 2.45) is 0 Å². The highest BCUT2D eigenvalue weighted by Gasteiger charge is 2.08. The van der Waals surface area contributed by atoms with Crippen molar-refractivity contribution >= 4 is 5.78 Å². The quantitative estimate of drug-likeness (QED) is 0.755. The van der Waals surface area contributed by atoms with Crippen LogP contribution in [0, 0.1) is 0 Å². The summed E-state index contributed by atoms with van der Waals surface area (Å²) in [6.07, 6.45) is 5.73. The molecule has 0 spiro atoms. The van der Waals surface area contributed by atoms with Gasteiger partial charge < -0.3 is 0 Å². The first-order chi connectivity index (χ1) is 8.79. The zero-order valence-corrected chi connectivity index (χ0v) is 10.5. The summed E-state index contributed by atoms with van der Waals surface area (Å²) in [6.45, 7) is 2.14. The average Bonchev–Trinajstić information content (AvgIpc) is 2.41. The number of hydrogen-bond acceptors (Lipinski definition) is 3. The Hall–Kier alpha value is -2.03. The molecule has 3 nitrogen and oxygen atoms in total. The smallest absolute Gasteiger partial charge is 0.170 e. The molecule has 0 N–H and O–H groups in total. The summed E-state index contributed by atoms with van der Waals surface area (Å²) in [5.41, 5.74) is 1.99. The Morgan fingerprint density at radius 3 is 2.39 bits per heavy atom. The second kappa shape index (κ2) is 6.05. The van der Waals surface area contributed by atoms with Crippen LogP contribution in [0.25, 0.3) is 0 Å². The average molecular weight is 240 g/mol. The first kappa shape index (κ1) is 12.4. The first-order valence-corrected chi connectivity index (χ1v) is 6.17. The maximum absolute atomic E-state index is 12.0. The maximum atomic E-state index is 12.0. The molecule has 1 aromatic heterocycles. The molecular weight excluding hydrogens is 224 g/mol. The van der Waals surface area contributed by atoms with Gasteiger partial charge in [0.25, 0.3) is 0 Å². The summed E-state index contributed by atoms with van der Waals surface area (Å²) >= 11 is 0. The zero-order chi connectivity index (χ0) is 12.8. The second-order valence-electron chi connectivity index (χ2n) is 4.21. The molecule has 0 radical (unpaired) electrons. The van der Waals surface area contributed by atoms with Gasteiger partial charge in [-0.2, -0.15) is 0 Å². The fourth-order valence-corrected chi connectivity index (χ4v) is 1.81. The fourth-order valence-electron chi connectivity index (χ4n) is 1.81. The number of benzene rings is 1. The van der Waals surface area contributed by atoms with Crippen molar-refractivity contribution in [1.82, 2.24) is 9.97 Å². The van der Waals surface area contributed by atoms with Crippen LogP contribution in [-0.2, 0) is 12.8 Å². The highest BCUT2D eigenvalue weighted by Crippen LogP contribution is 2.09. The van der Waals surface area contributed by atoms with Crippen LogP contribution in [0.1, 0.15) is 35.1 Å². The van der Waals surface area contributed by atoms with E-state index in [1.807, 2.05) is 24.3 Å². The first-order valence-electron chi connectivity index (χ1n) is 6.17. The molecular formula is C15H16N2O. The molecule has 0 aliphatic carbocycles. The molecule has 0 bridgehead atoms. The molecule has 0 atom stereocenters. The van der Waals surface area contributed by atoms with E-state index in [9.17, 15) is 4.79 Å². The number of hydrogen-bond donors (Lipinski definition) is 0. The maximum Gasteiger partial charge on any atom is 0.170 e. The van der Waals surface area contributed by atoms with Gasteiger partial charge in [0.05, 0.1) is 6.42 Å². The van der Waals surface area contributed by atoms with E-state index in [4.69, 9.17) is 0 Å². The van der Waals surface area contributed by atoms with E-state index in [1.54, 1.807) is 18.5 Å². The fraction of sp³-hybridized carbons (Fsp3) is 0.267. The molecule has 1 heterocycles. The SMILES string of the molecule is CCCc1ccc(C(=O)Cc2ncccn2)cc1. The van der Waals surface area contributed by atoms with Crippen molar-refractivity contribution in [2.45, 2.75) is 26.2 Å². The van der Waals surface area contributed by atoms with Crippen LogP contribution in [0.4, 0.5) is 0 Å². The van der Waals surface area contributed by atoms with Gasteiger partial charge >= 0.3 is 0 Å². The topological polar surface area (TPSA) is 42.9 Å². The second-order valence-corrected chi connectivity index (χ2v) is 4.21. The Bertz CT molecular complexity index is 506. The third-order valence-corrected chi connectivity index (χ3v) is 2.75. The van der Waals surface area contributed by atoms with Crippen LogP contribution in [0.15, 0.2) is 42.7 Å². The number of aromatic nitrogens is 2. The molecule has 1 aromatic carbocycles. The van der Waals surface area contributed by atoms with Crippen LogP contribution in [0.3, 0.4) is 0 Å². The molecule has 18 heavy (non-hydrogen) atoms. The Morgan fingerprint density at radius 2 is 1.78 bits per heavy atom. The predicted molar refractivity (Wildman–Crippen MR) is 70.5 cm³/mol. The number of ketones is 1. The number of carbonyl (C=O) groups is 1.